The van der Waals surface area contributed by atoms with Crippen LogP contribution in [0.5, 0.6) is 11.5 Å². The van der Waals surface area contributed by atoms with Crippen LogP contribution in [-0.2, 0) is 10.2 Å². The van der Waals surface area contributed by atoms with E-state index in [1.807, 2.05) is 18.2 Å². The molecule has 0 aliphatic heterocycles. The van der Waals surface area contributed by atoms with Crippen LogP contribution in [0.1, 0.15) is 25.0 Å². The quantitative estimate of drug-likeness (QED) is 0.857. The lowest BCUT2D eigenvalue weighted by Gasteiger charge is -2.23. The summed E-state index contributed by atoms with van der Waals surface area (Å²) in [5.41, 5.74) is 2.81. The van der Waals surface area contributed by atoms with Crippen molar-refractivity contribution in [2.75, 3.05) is 14.2 Å². The van der Waals surface area contributed by atoms with Gasteiger partial charge >= 0.3 is 5.97 Å². The molecule has 0 atom stereocenters. The minimum atomic E-state index is -0.951. The summed E-state index contributed by atoms with van der Waals surface area (Å²) in [6, 6.07) is 3.86. The third-order valence-electron chi connectivity index (χ3n) is 3.67. The summed E-state index contributed by atoms with van der Waals surface area (Å²) in [5, 5.41) is 8.77. The molecule has 0 saturated heterocycles. The van der Waals surface area contributed by atoms with E-state index in [0.29, 0.717) is 11.5 Å². The molecular formula is C16H18O4. The molecule has 2 rings (SSSR count). The monoisotopic (exact) mass is 274 g/mol. The zero-order chi connectivity index (χ0) is 14.9. The Bertz CT molecular complexity index is 609. The second kappa shape index (κ2) is 5.04. The number of ether oxygens (including phenoxy) is 2. The fraction of sp³-hybridized carbons (Fsp3) is 0.312. The first kappa shape index (κ1) is 14.2. The van der Waals surface area contributed by atoms with E-state index >= 15 is 0 Å². The molecule has 0 fully saturated rings. The van der Waals surface area contributed by atoms with E-state index in [1.54, 1.807) is 20.3 Å². The average molecular weight is 274 g/mol. The number of aliphatic carboxylic acids is 1. The van der Waals surface area contributed by atoms with Crippen molar-refractivity contribution in [3.8, 4) is 11.5 Å². The summed E-state index contributed by atoms with van der Waals surface area (Å²) in [7, 11) is 3.20. The second-order valence-electron chi connectivity index (χ2n) is 5.19. The van der Waals surface area contributed by atoms with Crippen molar-refractivity contribution in [3.05, 3.63) is 41.0 Å². The molecule has 0 bridgehead atoms. The molecule has 0 unspecified atom stereocenters. The molecular weight excluding hydrogens is 256 g/mol. The Morgan fingerprint density at radius 2 is 1.80 bits per heavy atom. The first-order valence-electron chi connectivity index (χ1n) is 6.30. The van der Waals surface area contributed by atoms with Gasteiger partial charge in [0, 0.05) is 11.5 Å². The van der Waals surface area contributed by atoms with Gasteiger partial charge in [-0.1, -0.05) is 26.0 Å². The summed E-state index contributed by atoms with van der Waals surface area (Å²) in [6.07, 6.45) is 4.78. The van der Waals surface area contributed by atoms with Gasteiger partial charge in [-0.2, -0.15) is 0 Å². The molecule has 0 heterocycles. The van der Waals surface area contributed by atoms with Crippen LogP contribution in [0, 0.1) is 0 Å². The lowest BCUT2D eigenvalue weighted by Crippen LogP contribution is -2.16. The maximum Gasteiger partial charge on any atom is 0.328 e. The maximum absolute atomic E-state index is 10.7. The highest BCUT2D eigenvalue weighted by molar-refractivity contribution is 5.82. The van der Waals surface area contributed by atoms with Crippen molar-refractivity contribution in [2.24, 2.45) is 0 Å². The van der Waals surface area contributed by atoms with Crippen molar-refractivity contribution in [3.63, 3.8) is 0 Å². The molecule has 0 saturated carbocycles. The molecule has 4 nitrogen and oxygen atoms in total. The zero-order valence-electron chi connectivity index (χ0n) is 12.1. The standard InChI is InChI=1S/C16H18O4/c1-16(2)11(5-6-15(17)18)7-10-8-13(19-3)14(20-4)9-12(10)16/h5-9H,1-4H3,(H,17,18). The van der Waals surface area contributed by atoms with Crippen LogP contribution >= 0.6 is 0 Å². The Labute approximate surface area is 118 Å². The van der Waals surface area contributed by atoms with Crippen LogP contribution in [-0.4, -0.2) is 25.3 Å². The van der Waals surface area contributed by atoms with Gasteiger partial charge in [0.2, 0.25) is 0 Å². The van der Waals surface area contributed by atoms with Crippen molar-refractivity contribution >= 4 is 12.0 Å². The highest BCUT2D eigenvalue weighted by Gasteiger charge is 2.33. The smallest absolute Gasteiger partial charge is 0.328 e. The SMILES string of the molecule is COc1cc2c(cc1OC)C(C)(C)C(C=CC(=O)O)=C2. The summed E-state index contributed by atoms with van der Waals surface area (Å²) in [5.74, 6) is 0.394. The lowest BCUT2D eigenvalue weighted by molar-refractivity contribution is -0.131. The van der Waals surface area contributed by atoms with Crippen LogP contribution < -0.4 is 9.47 Å². The number of hydrogen-bond acceptors (Lipinski definition) is 3. The number of carboxylic acid groups (broad SMARTS) is 1. The Balaban J connectivity index is 2.51. The van der Waals surface area contributed by atoms with E-state index in [2.05, 4.69) is 13.8 Å². The number of benzene rings is 1. The highest BCUT2D eigenvalue weighted by Crippen LogP contribution is 2.46. The van der Waals surface area contributed by atoms with Gasteiger partial charge in [0.25, 0.3) is 0 Å². The van der Waals surface area contributed by atoms with Gasteiger partial charge in [-0.05, 0) is 28.8 Å². The molecule has 4 heteroatoms. The average Bonchev–Trinajstić information content (AvgIpc) is 2.65. The van der Waals surface area contributed by atoms with E-state index in [9.17, 15) is 4.79 Å². The third kappa shape index (κ3) is 2.29. The van der Waals surface area contributed by atoms with Crippen molar-refractivity contribution < 1.29 is 19.4 Å². The summed E-state index contributed by atoms with van der Waals surface area (Å²) in [4.78, 5) is 10.7. The van der Waals surface area contributed by atoms with E-state index < -0.39 is 5.97 Å². The van der Waals surface area contributed by atoms with Gasteiger partial charge in [0.15, 0.2) is 11.5 Å². The summed E-state index contributed by atoms with van der Waals surface area (Å²) >= 11 is 0. The fourth-order valence-electron chi connectivity index (χ4n) is 2.48. The molecule has 1 aromatic carbocycles. The number of allylic oxidation sites excluding steroid dienone is 2. The predicted octanol–water partition coefficient (Wildman–Crippen LogP) is 3.02. The van der Waals surface area contributed by atoms with Gasteiger partial charge in [-0.25, -0.2) is 4.79 Å². The molecule has 106 valence electrons. The Kier molecular flexibility index (Phi) is 3.57. The second-order valence-corrected chi connectivity index (χ2v) is 5.19. The Morgan fingerprint density at radius 3 is 2.35 bits per heavy atom. The largest absolute Gasteiger partial charge is 0.493 e. The molecule has 1 N–H and O–H groups in total. The topological polar surface area (TPSA) is 55.8 Å². The predicted molar refractivity (Wildman–Crippen MR) is 77.3 cm³/mol. The van der Waals surface area contributed by atoms with Crippen LogP contribution in [0.25, 0.3) is 6.08 Å². The molecule has 0 radical (unpaired) electrons. The Hall–Kier alpha value is -2.23. The maximum atomic E-state index is 10.7. The third-order valence-corrected chi connectivity index (χ3v) is 3.67. The van der Waals surface area contributed by atoms with Gasteiger partial charge < -0.3 is 14.6 Å². The van der Waals surface area contributed by atoms with E-state index in [4.69, 9.17) is 14.6 Å². The number of rotatable bonds is 4. The number of fused-ring (bicyclic) bond motifs is 1. The van der Waals surface area contributed by atoms with Gasteiger partial charge in [-0.3, -0.25) is 0 Å². The molecule has 0 amide bonds. The van der Waals surface area contributed by atoms with Crippen LogP contribution in [0.4, 0.5) is 0 Å². The Morgan fingerprint density at radius 1 is 1.20 bits per heavy atom. The number of carbonyl (C=O) groups is 1. The van der Waals surface area contributed by atoms with Crippen LogP contribution in [0.2, 0.25) is 0 Å². The minimum absolute atomic E-state index is 0.263. The fourth-order valence-corrected chi connectivity index (χ4v) is 2.48. The zero-order valence-corrected chi connectivity index (χ0v) is 12.1. The van der Waals surface area contributed by atoms with Crippen LogP contribution in [0.15, 0.2) is 29.9 Å². The van der Waals surface area contributed by atoms with E-state index in [0.717, 1.165) is 22.8 Å². The molecule has 1 aromatic rings. The number of hydrogen-bond donors (Lipinski definition) is 1. The first-order chi connectivity index (χ1) is 9.40. The van der Waals surface area contributed by atoms with E-state index in [-0.39, 0.29) is 5.41 Å². The molecule has 0 spiro atoms. The highest BCUT2D eigenvalue weighted by atomic mass is 16.5. The summed E-state index contributed by atoms with van der Waals surface area (Å²) in [6.45, 7) is 4.12. The molecule has 20 heavy (non-hydrogen) atoms. The van der Waals surface area contributed by atoms with E-state index in [1.165, 1.54) is 0 Å². The van der Waals surface area contributed by atoms with Crippen molar-refractivity contribution in [2.45, 2.75) is 19.3 Å². The van der Waals surface area contributed by atoms with Gasteiger partial charge in [0.05, 0.1) is 14.2 Å². The van der Waals surface area contributed by atoms with Gasteiger partial charge in [0.1, 0.15) is 0 Å². The van der Waals surface area contributed by atoms with Gasteiger partial charge in [-0.15, -0.1) is 0 Å². The number of carboxylic acids is 1. The van der Waals surface area contributed by atoms with Crippen LogP contribution in [0.3, 0.4) is 0 Å². The molecule has 1 aliphatic rings. The number of methoxy groups -OCH3 is 2. The normalized spacial score (nSPS) is 15.9. The van der Waals surface area contributed by atoms with Crippen molar-refractivity contribution in [1.82, 2.24) is 0 Å². The summed E-state index contributed by atoms with van der Waals surface area (Å²) < 4.78 is 10.6. The van der Waals surface area contributed by atoms with Crippen molar-refractivity contribution in [1.29, 1.82) is 0 Å². The molecule has 1 aliphatic carbocycles. The lowest BCUT2D eigenvalue weighted by atomic mass is 9.81. The molecule has 0 aromatic heterocycles. The first-order valence-corrected chi connectivity index (χ1v) is 6.30. The minimum Gasteiger partial charge on any atom is -0.493 e.